The van der Waals surface area contributed by atoms with Gasteiger partial charge in [0.05, 0.1) is 0 Å². The van der Waals surface area contributed by atoms with E-state index in [0.29, 0.717) is 17.9 Å². The molecule has 76 valence electrons. The SMILES string of the molecule is CCCC(=O)Cc1ccc(C)cc1Cl. The van der Waals surface area contributed by atoms with Gasteiger partial charge in [-0.05, 0) is 30.5 Å². The zero-order chi connectivity index (χ0) is 10.6. The van der Waals surface area contributed by atoms with Crippen LogP contribution in [-0.4, -0.2) is 5.78 Å². The van der Waals surface area contributed by atoms with Crippen LogP contribution in [0.4, 0.5) is 0 Å². The zero-order valence-corrected chi connectivity index (χ0v) is 9.40. The number of aryl methyl sites for hydroxylation is 1. The predicted octanol–water partition coefficient (Wildman–Crippen LogP) is 3.56. The van der Waals surface area contributed by atoms with Crippen LogP contribution >= 0.6 is 11.6 Å². The summed E-state index contributed by atoms with van der Waals surface area (Å²) in [4.78, 5) is 11.4. The number of rotatable bonds is 4. The molecule has 1 rings (SSSR count). The molecule has 0 N–H and O–H groups in total. The number of benzene rings is 1. The van der Waals surface area contributed by atoms with E-state index in [9.17, 15) is 4.79 Å². The molecule has 1 nitrogen and oxygen atoms in total. The molecule has 0 atom stereocenters. The molecule has 0 aliphatic rings. The fourth-order valence-electron chi connectivity index (χ4n) is 1.38. The van der Waals surface area contributed by atoms with Crippen molar-refractivity contribution in [1.82, 2.24) is 0 Å². The summed E-state index contributed by atoms with van der Waals surface area (Å²) in [6, 6.07) is 5.82. The molecular formula is C12H15ClO. The van der Waals surface area contributed by atoms with Crippen LogP contribution in [0.15, 0.2) is 18.2 Å². The van der Waals surface area contributed by atoms with E-state index in [4.69, 9.17) is 11.6 Å². The molecule has 0 bridgehead atoms. The van der Waals surface area contributed by atoms with E-state index < -0.39 is 0 Å². The minimum atomic E-state index is 0.262. The molecule has 0 fully saturated rings. The van der Waals surface area contributed by atoms with Crippen LogP contribution in [-0.2, 0) is 11.2 Å². The number of hydrogen-bond acceptors (Lipinski definition) is 1. The molecule has 14 heavy (non-hydrogen) atoms. The largest absolute Gasteiger partial charge is 0.299 e. The lowest BCUT2D eigenvalue weighted by Crippen LogP contribution is -2.02. The van der Waals surface area contributed by atoms with Crippen molar-refractivity contribution in [2.24, 2.45) is 0 Å². The second-order valence-corrected chi connectivity index (χ2v) is 3.97. The van der Waals surface area contributed by atoms with Crippen LogP contribution in [0, 0.1) is 6.92 Å². The number of halogens is 1. The van der Waals surface area contributed by atoms with Crippen molar-refractivity contribution in [3.8, 4) is 0 Å². The molecule has 1 aromatic rings. The lowest BCUT2D eigenvalue weighted by molar-refractivity contribution is -0.118. The second-order valence-electron chi connectivity index (χ2n) is 3.56. The van der Waals surface area contributed by atoms with Gasteiger partial charge in [-0.3, -0.25) is 4.79 Å². The van der Waals surface area contributed by atoms with Gasteiger partial charge < -0.3 is 0 Å². The third-order valence-electron chi connectivity index (χ3n) is 2.13. The minimum Gasteiger partial charge on any atom is -0.299 e. The fraction of sp³-hybridized carbons (Fsp3) is 0.417. The van der Waals surface area contributed by atoms with Crippen LogP contribution < -0.4 is 0 Å². The first kappa shape index (κ1) is 11.3. The highest BCUT2D eigenvalue weighted by Gasteiger charge is 2.05. The Bertz CT molecular complexity index is 331. The van der Waals surface area contributed by atoms with Crippen LogP contribution in [0.1, 0.15) is 30.9 Å². The monoisotopic (exact) mass is 210 g/mol. The Morgan fingerprint density at radius 2 is 2.14 bits per heavy atom. The Balaban J connectivity index is 2.72. The Kier molecular flexibility index (Phi) is 4.15. The number of ketones is 1. The summed E-state index contributed by atoms with van der Waals surface area (Å²) in [5.74, 6) is 0.262. The van der Waals surface area contributed by atoms with Gasteiger partial charge in [0.25, 0.3) is 0 Å². The third-order valence-corrected chi connectivity index (χ3v) is 2.48. The number of carbonyl (C=O) groups excluding carboxylic acids is 1. The quantitative estimate of drug-likeness (QED) is 0.743. The predicted molar refractivity (Wildman–Crippen MR) is 59.8 cm³/mol. The van der Waals surface area contributed by atoms with Gasteiger partial charge in [0, 0.05) is 17.9 Å². The summed E-state index contributed by atoms with van der Waals surface area (Å²) in [6.45, 7) is 4.00. The Morgan fingerprint density at radius 3 is 2.71 bits per heavy atom. The highest BCUT2D eigenvalue weighted by molar-refractivity contribution is 6.31. The van der Waals surface area contributed by atoms with Crippen molar-refractivity contribution in [2.45, 2.75) is 33.1 Å². The summed E-state index contributed by atoms with van der Waals surface area (Å²) >= 11 is 6.02. The first-order chi connectivity index (χ1) is 6.63. The maximum atomic E-state index is 11.4. The van der Waals surface area contributed by atoms with Gasteiger partial charge in [-0.25, -0.2) is 0 Å². The Hall–Kier alpha value is -0.820. The molecule has 0 saturated carbocycles. The minimum absolute atomic E-state index is 0.262. The van der Waals surface area contributed by atoms with Gasteiger partial charge in [0.15, 0.2) is 0 Å². The van der Waals surface area contributed by atoms with Crippen molar-refractivity contribution in [2.75, 3.05) is 0 Å². The molecule has 0 radical (unpaired) electrons. The smallest absolute Gasteiger partial charge is 0.137 e. The van der Waals surface area contributed by atoms with E-state index in [1.165, 1.54) is 0 Å². The number of Topliss-reactive ketones (excluding diaryl/α,β-unsaturated/α-hetero) is 1. The standard InChI is InChI=1S/C12H15ClO/c1-3-4-11(14)8-10-6-5-9(2)7-12(10)13/h5-7H,3-4,8H2,1-2H3. The average Bonchev–Trinajstić information content (AvgIpc) is 2.10. The Morgan fingerprint density at radius 1 is 1.43 bits per heavy atom. The molecule has 0 unspecified atom stereocenters. The fourth-order valence-corrected chi connectivity index (χ4v) is 1.68. The van der Waals surface area contributed by atoms with Crippen molar-refractivity contribution in [3.63, 3.8) is 0 Å². The van der Waals surface area contributed by atoms with Gasteiger partial charge in [-0.2, -0.15) is 0 Å². The molecule has 0 aliphatic carbocycles. The van der Waals surface area contributed by atoms with Gasteiger partial charge in [0.1, 0.15) is 5.78 Å². The molecule has 2 heteroatoms. The third kappa shape index (κ3) is 3.15. The molecule has 0 amide bonds. The topological polar surface area (TPSA) is 17.1 Å². The maximum Gasteiger partial charge on any atom is 0.137 e. The highest BCUT2D eigenvalue weighted by Crippen LogP contribution is 2.18. The van der Waals surface area contributed by atoms with Crippen molar-refractivity contribution in [3.05, 3.63) is 34.3 Å². The summed E-state index contributed by atoms with van der Waals surface area (Å²) < 4.78 is 0. The van der Waals surface area contributed by atoms with Gasteiger partial charge in [-0.15, -0.1) is 0 Å². The molecule has 0 aromatic heterocycles. The van der Waals surface area contributed by atoms with E-state index in [-0.39, 0.29) is 5.78 Å². The summed E-state index contributed by atoms with van der Waals surface area (Å²) in [5.41, 5.74) is 2.07. The molecule has 0 saturated heterocycles. The van der Waals surface area contributed by atoms with E-state index in [0.717, 1.165) is 17.5 Å². The van der Waals surface area contributed by atoms with Crippen molar-refractivity contribution < 1.29 is 4.79 Å². The Labute approximate surface area is 90.1 Å². The van der Waals surface area contributed by atoms with E-state index >= 15 is 0 Å². The van der Waals surface area contributed by atoms with Crippen LogP contribution in [0.25, 0.3) is 0 Å². The summed E-state index contributed by atoms with van der Waals surface area (Å²) in [7, 11) is 0. The van der Waals surface area contributed by atoms with Crippen LogP contribution in [0.5, 0.6) is 0 Å². The zero-order valence-electron chi connectivity index (χ0n) is 8.64. The van der Waals surface area contributed by atoms with Gasteiger partial charge >= 0.3 is 0 Å². The van der Waals surface area contributed by atoms with Crippen molar-refractivity contribution in [1.29, 1.82) is 0 Å². The first-order valence-electron chi connectivity index (χ1n) is 4.90. The average molecular weight is 211 g/mol. The lowest BCUT2D eigenvalue weighted by Gasteiger charge is -2.03. The second kappa shape index (κ2) is 5.16. The van der Waals surface area contributed by atoms with E-state index in [2.05, 4.69) is 0 Å². The van der Waals surface area contributed by atoms with Gasteiger partial charge in [-0.1, -0.05) is 30.7 Å². The van der Waals surface area contributed by atoms with Crippen LogP contribution in [0.3, 0.4) is 0 Å². The number of hydrogen-bond donors (Lipinski definition) is 0. The van der Waals surface area contributed by atoms with Gasteiger partial charge in [0.2, 0.25) is 0 Å². The van der Waals surface area contributed by atoms with E-state index in [1.807, 2.05) is 32.0 Å². The normalized spacial score (nSPS) is 10.2. The van der Waals surface area contributed by atoms with Crippen LogP contribution in [0.2, 0.25) is 5.02 Å². The highest BCUT2D eigenvalue weighted by atomic mass is 35.5. The maximum absolute atomic E-state index is 11.4. The lowest BCUT2D eigenvalue weighted by atomic mass is 10.0. The number of carbonyl (C=O) groups is 1. The molecule has 1 aromatic carbocycles. The molecule has 0 spiro atoms. The first-order valence-corrected chi connectivity index (χ1v) is 5.28. The molecule has 0 heterocycles. The molecule has 0 aliphatic heterocycles. The van der Waals surface area contributed by atoms with E-state index in [1.54, 1.807) is 0 Å². The summed E-state index contributed by atoms with van der Waals surface area (Å²) in [6.07, 6.45) is 2.01. The van der Waals surface area contributed by atoms with Crippen molar-refractivity contribution >= 4 is 17.4 Å². The summed E-state index contributed by atoms with van der Waals surface area (Å²) in [5, 5.41) is 0.703. The molecular weight excluding hydrogens is 196 g/mol.